The van der Waals surface area contributed by atoms with Gasteiger partial charge < -0.3 is 10.2 Å². The molecule has 0 aliphatic carbocycles. The number of benzene rings is 1. The third-order valence-electron chi connectivity index (χ3n) is 2.67. The molecule has 0 heterocycles. The number of nitrogens with zero attached hydrogens (tertiary/aromatic N) is 1. The van der Waals surface area contributed by atoms with Crippen LogP contribution in [0.3, 0.4) is 0 Å². The maximum atomic E-state index is 6.32. The highest BCUT2D eigenvalue weighted by Crippen LogP contribution is 2.27. The molecular weight excluding hydrogens is 276 g/mol. The molecule has 0 amide bonds. The quantitative estimate of drug-likeness (QED) is 0.736. The molecule has 1 aromatic rings. The van der Waals surface area contributed by atoms with Crippen molar-refractivity contribution in [2.45, 2.75) is 25.3 Å². The topological polar surface area (TPSA) is 15.3 Å². The van der Waals surface area contributed by atoms with Crippen LogP contribution in [-0.2, 0) is 6.54 Å². The maximum absolute atomic E-state index is 6.32. The number of hydrogen-bond acceptors (Lipinski definition) is 3. The lowest BCUT2D eigenvalue weighted by Gasteiger charge is -2.11. The molecule has 0 saturated heterocycles. The molecule has 0 aliphatic rings. The lowest BCUT2D eigenvalue weighted by molar-refractivity contribution is 0.437. The lowest BCUT2D eigenvalue weighted by atomic mass is 10.2. The summed E-state index contributed by atoms with van der Waals surface area (Å²) in [7, 11) is 4.18. The number of halogens is 1. The molecule has 1 rings (SSSR count). The molecule has 0 atom stereocenters. The van der Waals surface area contributed by atoms with Crippen LogP contribution in [0.2, 0.25) is 5.02 Å². The van der Waals surface area contributed by atoms with Gasteiger partial charge in [0.1, 0.15) is 0 Å². The van der Waals surface area contributed by atoms with Gasteiger partial charge >= 0.3 is 0 Å². The van der Waals surface area contributed by atoms with Crippen LogP contribution in [0.5, 0.6) is 0 Å². The number of rotatable bonds is 8. The molecule has 1 N–H and O–H groups in total. The number of thioether (sulfide) groups is 1. The summed E-state index contributed by atoms with van der Waals surface area (Å²) >= 11 is 8.14. The van der Waals surface area contributed by atoms with Crippen molar-refractivity contribution in [2.24, 2.45) is 5.92 Å². The zero-order valence-electron chi connectivity index (χ0n) is 12.4. The Morgan fingerprint density at radius 2 is 2.05 bits per heavy atom. The van der Waals surface area contributed by atoms with Crippen molar-refractivity contribution in [3.05, 3.63) is 28.8 Å². The molecular formula is C15H25ClN2S. The van der Waals surface area contributed by atoms with E-state index >= 15 is 0 Å². The summed E-state index contributed by atoms with van der Waals surface area (Å²) in [6.07, 6.45) is 0. The van der Waals surface area contributed by atoms with Crippen LogP contribution in [0.25, 0.3) is 0 Å². The van der Waals surface area contributed by atoms with Crippen molar-refractivity contribution in [3.8, 4) is 0 Å². The van der Waals surface area contributed by atoms with Gasteiger partial charge in [-0.15, -0.1) is 11.8 Å². The van der Waals surface area contributed by atoms with E-state index in [2.05, 4.69) is 56.4 Å². The van der Waals surface area contributed by atoms with Crippen molar-refractivity contribution in [1.29, 1.82) is 0 Å². The van der Waals surface area contributed by atoms with Gasteiger partial charge in [-0.2, -0.15) is 0 Å². The fourth-order valence-electron chi connectivity index (χ4n) is 1.61. The minimum atomic E-state index is 0.677. The molecule has 0 fully saturated rings. The molecule has 0 aliphatic heterocycles. The highest BCUT2D eigenvalue weighted by molar-refractivity contribution is 7.99. The molecule has 0 radical (unpaired) electrons. The van der Waals surface area contributed by atoms with Gasteiger partial charge in [0.15, 0.2) is 0 Å². The van der Waals surface area contributed by atoms with Gasteiger partial charge in [0.25, 0.3) is 0 Å². The van der Waals surface area contributed by atoms with Crippen LogP contribution >= 0.6 is 23.4 Å². The molecule has 0 unspecified atom stereocenters. The van der Waals surface area contributed by atoms with Gasteiger partial charge in [-0.1, -0.05) is 31.5 Å². The molecule has 108 valence electrons. The van der Waals surface area contributed by atoms with Gasteiger partial charge in [-0.25, -0.2) is 0 Å². The largest absolute Gasteiger partial charge is 0.312 e. The van der Waals surface area contributed by atoms with E-state index in [1.165, 1.54) is 10.5 Å². The summed E-state index contributed by atoms with van der Waals surface area (Å²) in [6.45, 7) is 7.42. The predicted octanol–water partition coefficient (Wildman–Crippen LogP) is 3.74. The first-order valence-corrected chi connectivity index (χ1v) is 8.12. The van der Waals surface area contributed by atoms with Gasteiger partial charge in [0.2, 0.25) is 0 Å². The Morgan fingerprint density at radius 3 is 2.63 bits per heavy atom. The van der Waals surface area contributed by atoms with Crippen LogP contribution in [0.15, 0.2) is 23.1 Å². The van der Waals surface area contributed by atoms with Crippen LogP contribution in [0.4, 0.5) is 0 Å². The fourth-order valence-corrected chi connectivity index (χ4v) is 3.02. The molecule has 2 nitrogen and oxygen atoms in total. The Labute approximate surface area is 126 Å². The molecule has 0 aromatic heterocycles. The minimum Gasteiger partial charge on any atom is -0.312 e. The third kappa shape index (κ3) is 7.21. The molecule has 0 saturated carbocycles. The average Bonchev–Trinajstić information content (AvgIpc) is 2.31. The van der Waals surface area contributed by atoms with Crippen LogP contribution in [0.1, 0.15) is 19.4 Å². The van der Waals surface area contributed by atoms with Crippen molar-refractivity contribution in [2.75, 3.05) is 32.9 Å². The Bertz CT molecular complexity index is 380. The first-order valence-electron chi connectivity index (χ1n) is 6.75. The summed E-state index contributed by atoms with van der Waals surface area (Å²) in [5.41, 5.74) is 1.25. The normalized spacial score (nSPS) is 11.5. The van der Waals surface area contributed by atoms with Gasteiger partial charge in [0, 0.05) is 23.7 Å². The summed E-state index contributed by atoms with van der Waals surface area (Å²) < 4.78 is 0. The highest BCUT2D eigenvalue weighted by Gasteiger charge is 2.03. The van der Waals surface area contributed by atoms with E-state index in [4.69, 9.17) is 11.6 Å². The van der Waals surface area contributed by atoms with E-state index < -0.39 is 0 Å². The van der Waals surface area contributed by atoms with Gasteiger partial charge in [-0.3, -0.25) is 0 Å². The highest BCUT2D eigenvalue weighted by atomic mass is 35.5. The number of hydrogen-bond donors (Lipinski definition) is 1. The third-order valence-corrected chi connectivity index (χ3v) is 4.15. The molecule has 4 heteroatoms. The summed E-state index contributed by atoms with van der Waals surface area (Å²) in [6, 6.07) is 6.37. The van der Waals surface area contributed by atoms with E-state index in [0.29, 0.717) is 5.92 Å². The lowest BCUT2D eigenvalue weighted by Crippen LogP contribution is -2.18. The molecule has 1 aromatic carbocycles. The van der Waals surface area contributed by atoms with E-state index in [-0.39, 0.29) is 0 Å². The van der Waals surface area contributed by atoms with Gasteiger partial charge in [0.05, 0.1) is 5.02 Å². The molecule has 0 bridgehead atoms. The van der Waals surface area contributed by atoms with Crippen molar-refractivity contribution >= 4 is 23.4 Å². The minimum absolute atomic E-state index is 0.677. The standard InChI is InChI=1S/C15H25ClN2S/c1-12(2)10-17-11-13-5-6-15(14(16)9-13)19-8-7-18(3)4/h5-6,9,12,17H,7-8,10-11H2,1-4H3. The summed E-state index contributed by atoms with van der Waals surface area (Å²) in [5.74, 6) is 1.74. The Kier molecular flexibility index (Phi) is 7.84. The van der Waals surface area contributed by atoms with Crippen LogP contribution < -0.4 is 5.32 Å². The second kappa shape index (κ2) is 8.85. The number of nitrogens with one attached hydrogen (secondary N) is 1. The SMILES string of the molecule is CC(C)CNCc1ccc(SCCN(C)C)c(Cl)c1. The van der Waals surface area contributed by atoms with Crippen molar-refractivity contribution < 1.29 is 0 Å². The maximum Gasteiger partial charge on any atom is 0.0545 e. The van der Waals surface area contributed by atoms with Crippen molar-refractivity contribution in [1.82, 2.24) is 10.2 Å². The Morgan fingerprint density at radius 1 is 1.32 bits per heavy atom. The van der Waals surface area contributed by atoms with E-state index in [1.807, 2.05) is 11.8 Å². The van der Waals surface area contributed by atoms with E-state index in [0.717, 1.165) is 30.4 Å². The zero-order chi connectivity index (χ0) is 14.3. The van der Waals surface area contributed by atoms with Gasteiger partial charge in [-0.05, 0) is 44.3 Å². The average molecular weight is 301 g/mol. The Balaban J connectivity index is 2.45. The monoisotopic (exact) mass is 300 g/mol. The molecule has 19 heavy (non-hydrogen) atoms. The fraction of sp³-hybridized carbons (Fsp3) is 0.600. The first kappa shape index (κ1) is 16.8. The predicted molar refractivity (Wildman–Crippen MR) is 87.3 cm³/mol. The van der Waals surface area contributed by atoms with Crippen LogP contribution in [0, 0.1) is 5.92 Å². The zero-order valence-corrected chi connectivity index (χ0v) is 13.9. The first-order chi connectivity index (χ1) is 8.99. The van der Waals surface area contributed by atoms with E-state index in [1.54, 1.807) is 0 Å². The summed E-state index contributed by atoms with van der Waals surface area (Å²) in [5, 5.41) is 4.30. The van der Waals surface area contributed by atoms with E-state index in [9.17, 15) is 0 Å². The summed E-state index contributed by atoms with van der Waals surface area (Å²) in [4.78, 5) is 3.36. The second-order valence-electron chi connectivity index (χ2n) is 5.44. The van der Waals surface area contributed by atoms with Crippen LogP contribution in [-0.4, -0.2) is 37.8 Å². The second-order valence-corrected chi connectivity index (χ2v) is 6.99. The molecule has 0 spiro atoms. The Hall–Kier alpha value is -0.220. The smallest absolute Gasteiger partial charge is 0.0545 e. The van der Waals surface area contributed by atoms with Crippen molar-refractivity contribution in [3.63, 3.8) is 0 Å².